The van der Waals surface area contributed by atoms with Gasteiger partial charge in [-0.1, -0.05) is 24.7 Å². The van der Waals surface area contributed by atoms with E-state index in [4.69, 9.17) is 0 Å². The first-order valence-electron chi connectivity index (χ1n) is 7.75. The van der Waals surface area contributed by atoms with Gasteiger partial charge in [0.05, 0.1) is 5.56 Å². The van der Waals surface area contributed by atoms with Crippen LogP contribution < -0.4 is 4.90 Å². The van der Waals surface area contributed by atoms with Gasteiger partial charge in [-0.05, 0) is 30.7 Å². The molecule has 0 aromatic carbocycles. The van der Waals surface area contributed by atoms with Crippen molar-refractivity contribution in [2.24, 2.45) is 0 Å². The van der Waals surface area contributed by atoms with Crippen LogP contribution in [-0.4, -0.2) is 32.6 Å². The lowest BCUT2D eigenvalue weighted by molar-refractivity contribution is 0.0986. The minimum absolute atomic E-state index is 0.106. The molecule has 0 bridgehead atoms. The van der Waals surface area contributed by atoms with Crippen molar-refractivity contribution in [3.63, 3.8) is 0 Å². The second-order valence-corrected chi connectivity index (χ2v) is 6.14. The molecule has 0 saturated carbocycles. The minimum atomic E-state index is -0.106. The van der Waals surface area contributed by atoms with Crippen LogP contribution in [0.4, 0.5) is 5.13 Å². The van der Waals surface area contributed by atoms with Crippen molar-refractivity contribution in [3.05, 3.63) is 54.6 Å². The summed E-state index contributed by atoms with van der Waals surface area (Å²) in [5.74, 6) is -0.106. The van der Waals surface area contributed by atoms with Crippen molar-refractivity contribution in [3.8, 4) is 10.6 Å². The number of carbonyl (C=O) groups excluding carboxylic acids is 1. The summed E-state index contributed by atoms with van der Waals surface area (Å²) >= 11 is 1.39. The molecule has 1 amide bonds. The predicted molar refractivity (Wildman–Crippen MR) is 94.0 cm³/mol. The van der Waals surface area contributed by atoms with Crippen molar-refractivity contribution < 1.29 is 4.79 Å². The number of hydrogen-bond acceptors (Lipinski definition) is 6. The number of aromatic nitrogens is 4. The number of hydrogen-bond donors (Lipinski definition) is 0. The Morgan fingerprint density at radius 3 is 2.58 bits per heavy atom. The van der Waals surface area contributed by atoms with Gasteiger partial charge in [-0.3, -0.25) is 19.7 Å². The van der Waals surface area contributed by atoms with E-state index in [0.717, 1.165) is 23.4 Å². The molecule has 3 rings (SSSR count). The molecule has 3 heterocycles. The second kappa shape index (κ2) is 7.74. The van der Waals surface area contributed by atoms with Gasteiger partial charge < -0.3 is 0 Å². The summed E-state index contributed by atoms with van der Waals surface area (Å²) in [5, 5.41) is 9.77. The van der Waals surface area contributed by atoms with Crippen LogP contribution in [-0.2, 0) is 0 Å². The highest BCUT2D eigenvalue weighted by molar-refractivity contribution is 7.18. The average Bonchev–Trinajstić information content (AvgIpc) is 3.13. The summed E-state index contributed by atoms with van der Waals surface area (Å²) in [7, 11) is 0. The first-order chi connectivity index (χ1) is 11.8. The third-order valence-electron chi connectivity index (χ3n) is 3.44. The van der Waals surface area contributed by atoms with Gasteiger partial charge in [0.2, 0.25) is 5.13 Å². The highest BCUT2D eigenvalue weighted by atomic mass is 32.1. The van der Waals surface area contributed by atoms with Crippen molar-refractivity contribution in [2.45, 2.75) is 19.8 Å². The van der Waals surface area contributed by atoms with Crippen LogP contribution in [0.3, 0.4) is 0 Å². The molecule has 3 aromatic rings. The molecule has 6 nitrogen and oxygen atoms in total. The van der Waals surface area contributed by atoms with Gasteiger partial charge in [-0.25, -0.2) is 0 Å². The van der Waals surface area contributed by atoms with E-state index in [0.29, 0.717) is 17.2 Å². The van der Waals surface area contributed by atoms with E-state index in [9.17, 15) is 4.79 Å². The molecule has 0 N–H and O–H groups in total. The highest BCUT2D eigenvalue weighted by Crippen LogP contribution is 2.29. The molecule has 0 fully saturated rings. The van der Waals surface area contributed by atoms with E-state index in [-0.39, 0.29) is 5.91 Å². The Morgan fingerprint density at radius 1 is 1.12 bits per heavy atom. The Labute approximate surface area is 144 Å². The molecule has 7 heteroatoms. The molecule has 0 aliphatic carbocycles. The molecule has 0 aliphatic heterocycles. The highest BCUT2D eigenvalue weighted by Gasteiger charge is 2.21. The lowest BCUT2D eigenvalue weighted by Gasteiger charge is -2.18. The van der Waals surface area contributed by atoms with Crippen LogP contribution in [0.25, 0.3) is 10.6 Å². The van der Waals surface area contributed by atoms with Gasteiger partial charge in [0, 0.05) is 36.9 Å². The van der Waals surface area contributed by atoms with E-state index in [1.165, 1.54) is 11.3 Å². The maximum atomic E-state index is 12.8. The van der Waals surface area contributed by atoms with Crippen molar-refractivity contribution >= 4 is 22.4 Å². The fourth-order valence-electron chi connectivity index (χ4n) is 2.18. The summed E-state index contributed by atoms with van der Waals surface area (Å²) in [6.07, 6.45) is 8.57. The van der Waals surface area contributed by atoms with Crippen molar-refractivity contribution in [2.75, 3.05) is 11.4 Å². The first kappa shape index (κ1) is 16.2. The third-order valence-corrected chi connectivity index (χ3v) is 4.44. The fraction of sp³-hybridized carbons (Fsp3) is 0.235. The number of pyridine rings is 2. The molecule has 0 saturated heterocycles. The Kier molecular flexibility index (Phi) is 5.22. The Bertz CT molecular complexity index is 791. The number of nitrogens with zero attached hydrogens (tertiary/aromatic N) is 5. The van der Waals surface area contributed by atoms with Crippen molar-refractivity contribution in [1.29, 1.82) is 0 Å². The molecule has 0 aliphatic rings. The topological polar surface area (TPSA) is 71.9 Å². The van der Waals surface area contributed by atoms with Gasteiger partial charge in [-0.2, -0.15) is 0 Å². The van der Waals surface area contributed by atoms with Crippen LogP contribution in [0.15, 0.2) is 49.1 Å². The van der Waals surface area contributed by atoms with Gasteiger partial charge in [0.15, 0.2) is 5.01 Å². The minimum Gasteiger partial charge on any atom is -0.283 e. The second-order valence-electron chi connectivity index (χ2n) is 5.18. The smallest absolute Gasteiger partial charge is 0.261 e. The Hall–Kier alpha value is -2.67. The average molecular weight is 339 g/mol. The molecular formula is C17H17N5OS. The number of carbonyl (C=O) groups is 1. The number of unbranched alkanes of at least 4 members (excludes halogenated alkanes) is 1. The molecule has 0 radical (unpaired) electrons. The summed E-state index contributed by atoms with van der Waals surface area (Å²) in [6.45, 7) is 2.69. The Morgan fingerprint density at radius 2 is 1.92 bits per heavy atom. The lowest BCUT2D eigenvalue weighted by Crippen LogP contribution is -2.31. The quantitative estimate of drug-likeness (QED) is 0.688. The molecule has 0 spiro atoms. The first-order valence-corrected chi connectivity index (χ1v) is 8.57. The zero-order valence-electron chi connectivity index (χ0n) is 13.3. The van der Waals surface area contributed by atoms with Crippen LogP contribution in [0, 0.1) is 0 Å². The monoisotopic (exact) mass is 339 g/mol. The standard InChI is InChI=1S/C17H17N5OS/c1-2-3-10-22(16(23)14-7-5-9-19-12-14)17-21-20-15(24-17)13-6-4-8-18-11-13/h4-9,11-12H,2-3,10H2,1H3. The summed E-state index contributed by atoms with van der Waals surface area (Å²) < 4.78 is 0. The van der Waals surface area contributed by atoms with E-state index < -0.39 is 0 Å². The van der Waals surface area contributed by atoms with E-state index >= 15 is 0 Å². The van der Waals surface area contributed by atoms with Crippen LogP contribution in [0.2, 0.25) is 0 Å². The van der Waals surface area contributed by atoms with Crippen LogP contribution >= 0.6 is 11.3 Å². The van der Waals surface area contributed by atoms with Crippen molar-refractivity contribution in [1.82, 2.24) is 20.2 Å². The molecule has 122 valence electrons. The molecule has 24 heavy (non-hydrogen) atoms. The largest absolute Gasteiger partial charge is 0.283 e. The van der Waals surface area contributed by atoms with E-state index in [1.807, 2.05) is 12.1 Å². The molecule has 0 atom stereocenters. The van der Waals surface area contributed by atoms with Gasteiger partial charge in [-0.15, -0.1) is 10.2 Å². The van der Waals surface area contributed by atoms with Crippen LogP contribution in [0.5, 0.6) is 0 Å². The lowest BCUT2D eigenvalue weighted by atomic mass is 10.2. The van der Waals surface area contributed by atoms with E-state index in [2.05, 4.69) is 27.1 Å². The SMILES string of the molecule is CCCCN(C(=O)c1cccnc1)c1nnc(-c2cccnc2)s1. The number of rotatable bonds is 6. The molecule has 3 aromatic heterocycles. The van der Waals surface area contributed by atoms with Gasteiger partial charge in [0.1, 0.15) is 0 Å². The van der Waals surface area contributed by atoms with Gasteiger partial charge >= 0.3 is 0 Å². The summed E-state index contributed by atoms with van der Waals surface area (Å²) in [5.41, 5.74) is 1.44. The third kappa shape index (κ3) is 3.62. The summed E-state index contributed by atoms with van der Waals surface area (Å²) in [6, 6.07) is 7.30. The Balaban J connectivity index is 1.89. The zero-order valence-corrected chi connectivity index (χ0v) is 14.1. The van der Waals surface area contributed by atoms with Gasteiger partial charge in [0.25, 0.3) is 5.91 Å². The molecule has 0 unspecified atom stereocenters. The van der Waals surface area contributed by atoms with E-state index in [1.54, 1.807) is 41.8 Å². The maximum Gasteiger partial charge on any atom is 0.261 e. The maximum absolute atomic E-state index is 12.8. The number of amides is 1. The molecular weight excluding hydrogens is 322 g/mol. The summed E-state index contributed by atoms with van der Waals surface area (Å²) in [4.78, 5) is 22.6. The normalized spacial score (nSPS) is 10.5. The zero-order chi connectivity index (χ0) is 16.8. The predicted octanol–water partition coefficient (Wildman–Crippen LogP) is 3.44. The number of anilines is 1. The van der Waals surface area contributed by atoms with Crippen LogP contribution in [0.1, 0.15) is 30.1 Å². The fourth-order valence-corrected chi connectivity index (χ4v) is 3.04.